The van der Waals surface area contributed by atoms with Gasteiger partial charge in [0.15, 0.2) is 8.32 Å². The van der Waals surface area contributed by atoms with Gasteiger partial charge < -0.3 is 9.33 Å². The van der Waals surface area contributed by atoms with Crippen molar-refractivity contribution in [2.75, 3.05) is 6.61 Å². The molecule has 0 radical (unpaired) electrons. The van der Waals surface area contributed by atoms with Crippen LogP contribution in [0.2, 0.25) is 18.1 Å². The van der Waals surface area contributed by atoms with Crippen molar-refractivity contribution in [2.24, 2.45) is 11.8 Å². The van der Waals surface area contributed by atoms with Crippen LogP contribution in [-0.2, 0) is 9.22 Å². The van der Waals surface area contributed by atoms with Crippen molar-refractivity contribution in [1.29, 1.82) is 0 Å². The van der Waals surface area contributed by atoms with Crippen LogP contribution in [0.15, 0.2) is 0 Å². The first-order chi connectivity index (χ1) is 11.7. The van der Waals surface area contributed by atoms with Crippen LogP contribution >= 0.6 is 0 Å². The number of hydrogen-bond donors (Lipinski definition) is 0. The van der Waals surface area contributed by atoms with Crippen LogP contribution in [0.3, 0.4) is 0 Å². The summed E-state index contributed by atoms with van der Waals surface area (Å²) < 4.78 is 6.46. The summed E-state index contributed by atoms with van der Waals surface area (Å²) in [4.78, 5) is 15.2. The Bertz CT molecular complexity index is 479. The Labute approximate surface area is 156 Å². The van der Waals surface area contributed by atoms with Crippen molar-refractivity contribution < 1.29 is 9.22 Å². The fraction of sp³-hybridized carbons (Fsp3) is 0.952. The second-order valence-corrected chi connectivity index (χ2v) is 15.2. The molecule has 0 aromatic heterocycles. The number of fused-ring (bicyclic) bond motifs is 1. The molecule has 2 saturated heterocycles. The molecule has 2 unspecified atom stereocenters. The van der Waals surface area contributed by atoms with Gasteiger partial charge in [0.25, 0.3) is 0 Å². The smallest absolute Gasteiger partial charge is 0.223 e. The van der Waals surface area contributed by atoms with Crippen LogP contribution in [0.5, 0.6) is 0 Å². The average molecular weight is 366 g/mol. The first kappa shape index (κ1) is 19.4. The highest BCUT2D eigenvalue weighted by atomic mass is 28.4. The highest BCUT2D eigenvalue weighted by Gasteiger charge is 2.45. The fourth-order valence-electron chi connectivity index (χ4n) is 5.01. The van der Waals surface area contributed by atoms with Crippen LogP contribution in [-0.4, -0.2) is 37.8 Å². The fourth-order valence-corrected chi connectivity index (χ4v) is 6.05. The summed E-state index contributed by atoms with van der Waals surface area (Å²) in [5, 5.41) is 0.239. The van der Waals surface area contributed by atoms with Gasteiger partial charge in [0, 0.05) is 12.5 Å². The zero-order valence-electron chi connectivity index (χ0n) is 17.1. The van der Waals surface area contributed by atoms with Gasteiger partial charge in [-0.3, -0.25) is 4.79 Å². The van der Waals surface area contributed by atoms with Crippen LogP contribution in [0, 0.1) is 11.8 Å². The van der Waals surface area contributed by atoms with E-state index in [2.05, 4.69) is 38.8 Å². The third-order valence-electron chi connectivity index (χ3n) is 7.68. The van der Waals surface area contributed by atoms with E-state index in [-0.39, 0.29) is 5.04 Å². The summed E-state index contributed by atoms with van der Waals surface area (Å²) in [5.74, 6) is 1.91. The number of carbonyl (C=O) groups is 1. The van der Waals surface area contributed by atoms with Crippen molar-refractivity contribution >= 4 is 14.2 Å². The zero-order chi connectivity index (χ0) is 18.2. The van der Waals surface area contributed by atoms with Crippen molar-refractivity contribution in [1.82, 2.24) is 4.90 Å². The topological polar surface area (TPSA) is 29.5 Å². The number of nitrogens with zero attached hydrogens (tertiary/aromatic N) is 1. The van der Waals surface area contributed by atoms with E-state index in [9.17, 15) is 4.79 Å². The summed E-state index contributed by atoms with van der Waals surface area (Å²) in [6, 6.07) is 0.833. The quantitative estimate of drug-likeness (QED) is 0.628. The number of rotatable bonds is 4. The van der Waals surface area contributed by atoms with E-state index in [4.69, 9.17) is 4.43 Å². The Balaban J connectivity index is 1.58. The molecule has 3 atom stereocenters. The van der Waals surface area contributed by atoms with Crippen molar-refractivity contribution in [2.45, 2.75) is 109 Å². The van der Waals surface area contributed by atoms with Crippen LogP contribution in [0.4, 0.5) is 0 Å². The minimum absolute atomic E-state index is 0.239. The van der Waals surface area contributed by atoms with Crippen LogP contribution in [0.25, 0.3) is 0 Å². The molecule has 3 aliphatic rings. The minimum atomic E-state index is -1.73. The predicted molar refractivity (Wildman–Crippen MR) is 106 cm³/mol. The largest absolute Gasteiger partial charge is 0.415 e. The molecule has 2 heterocycles. The SMILES string of the molecule is CC(C)(C)[Si](C)(C)OC[C@@H]1CCC2CC(C3CCCCC3)CC(=O)N21. The average Bonchev–Trinajstić information content (AvgIpc) is 2.96. The second kappa shape index (κ2) is 7.34. The lowest BCUT2D eigenvalue weighted by molar-refractivity contribution is -0.140. The van der Waals surface area contributed by atoms with E-state index in [1.807, 2.05) is 0 Å². The summed E-state index contributed by atoms with van der Waals surface area (Å²) in [6.07, 6.45) is 11.3. The Morgan fingerprint density at radius 2 is 1.72 bits per heavy atom. The normalized spacial score (nSPS) is 32.1. The van der Waals surface area contributed by atoms with Gasteiger partial charge in [-0.05, 0) is 49.2 Å². The molecule has 3 rings (SSSR count). The molecule has 144 valence electrons. The predicted octanol–water partition coefficient (Wildman–Crippen LogP) is 5.36. The lowest BCUT2D eigenvalue weighted by Crippen LogP contribution is -2.51. The van der Waals surface area contributed by atoms with Crippen LogP contribution in [0.1, 0.15) is 78.6 Å². The van der Waals surface area contributed by atoms with Gasteiger partial charge in [0.1, 0.15) is 0 Å². The minimum Gasteiger partial charge on any atom is -0.415 e. The van der Waals surface area contributed by atoms with E-state index in [1.165, 1.54) is 44.9 Å². The summed E-state index contributed by atoms with van der Waals surface area (Å²) in [5.41, 5.74) is 0. The van der Waals surface area contributed by atoms with Gasteiger partial charge in [0.2, 0.25) is 5.91 Å². The Morgan fingerprint density at radius 3 is 2.36 bits per heavy atom. The number of piperidine rings is 1. The molecule has 2 aliphatic heterocycles. The van der Waals surface area contributed by atoms with Crippen molar-refractivity contribution in [3.8, 4) is 0 Å². The maximum Gasteiger partial charge on any atom is 0.223 e. The highest BCUT2D eigenvalue weighted by Crippen LogP contribution is 2.43. The molecular formula is C21H39NO2Si. The molecule has 0 bridgehead atoms. The van der Waals surface area contributed by atoms with Crippen molar-refractivity contribution in [3.05, 3.63) is 0 Å². The Hall–Kier alpha value is -0.353. The standard InChI is InChI=1S/C21H39NO2Si/c1-21(2,3)25(4,5)24-15-19-12-11-18-13-17(14-20(23)22(18)19)16-9-7-6-8-10-16/h16-19H,6-15H2,1-5H3/t17?,18?,19-/m0/s1. The van der Waals surface area contributed by atoms with Crippen molar-refractivity contribution in [3.63, 3.8) is 0 Å². The van der Waals surface area contributed by atoms with Gasteiger partial charge in [0.05, 0.1) is 12.6 Å². The molecule has 3 fully saturated rings. The maximum atomic E-state index is 12.9. The van der Waals surface area contributed by atoms with Gasteiger partial charge in [-0.2, -0.15) is 0 Å². The molecule has 25 heavy (non-hydrogen) atoms. The molecule has 3 nitrogen and oxygen atoms in total. The van der Waals surface area contributed by atoms with E-state index >= 15 is 0 Å². The van der Waals surface area contributed by atoms with E-state index in [1.54, 1.807) is 0 Å². The van der Waals surface area contributed by atoms with Gasteiger partial charge in [-0.25, -0.2) is 0 Å². The molecule has 1 amide bonds. The summed E-state index contributed by atoms with van der Waals surface area (Å²) in [6.45, 7) is 12.3. The van der Waals surface area contributed by atoms with Crippen LogP contribution < -0.4 is 0 Å². The summed E-state index contributed by atoms with van der Waals surface area (Å²) in [7, 11) is -1.73. The zero-order valence-corrected chi connectivity index (χ0v) is 18.1. The first-order valence-corrected chi connectivity index (χ1v) is 13.5. The monoisotopic (exact) mass is 365 g/mol. The number of amides is 1. The Kier molecular flexibility index (Phi) is 5.70. The molecule has 0 N–H and O–H groups in total. The molecule has 1 saturated carbocycles. The molecule has 0 aromatic rings. The number of hydrogen-bond acceptors (Lipinski definition) is 2. The molecule has 1 aliphatic carbocycles. The van der Waals surface area contributed by atoms with E-state index < -0.39 is 8.32 Å². The third-order valence-corrected chi connectivity index (χ3v) is 12.2. The molecular weight excluding hydrogens is 326 g/mol. The van der Waals surface area contributed by atoms with E-state index in [0.29, 0.717) is 23.9 Å². The second-order valence-electron chi connectivity index (χ2n) is 10.4. The van der Waals surface area contributed by atoms with Gasteiger partial charge in [-0.1, -0.05) is 52.9 Å². The highest BCUT2D eigenvalue weighted by molar-refractivity contribution is 6.74. The van der Waals surface area contributed by atoms with Gasteiger partial charge in [-0.15, -0.1) is 0 Å². The lowest BCUT2D eigenvalue weighted by atomic mass is 9.74. The first-order valence-electron chi connectivity index (χ1n) is 10.6. The third kappa shape index (κ3) is 4.15. The number of carbonyl (C=O) groups excluding carboxylic acids is 1. The molecule has 0 spiro atoms. The maximum absolute atomic E-state index is 12.9. The molecule has 4 heteroatoms. The summed E-state index contributed by atoms with van der Waals surface area (Å²) >= 11 is 0. The van der Waals surface area contributed by atoms with E-state index in [0.717, 1.165) is 25.4 Å². The lowest BCUT2D eigenvalue weighted by Gasteiger charge is -2.43. The van der Waals surface area contributed by atoms with Gasteiger partial charge >= 0.3 is 0 Å². The molecule has 0 aromatic carbocycles. The Morgan fingerprint density at radius 1 is 1.04 bits per heavy atom.